The number of hydrogen-bond donors (Lipinski definition) is 0. The third-order valence-corrected chi connectivity index (χ3v) is 3.68. The highest BCUT2D eigenvalue weighted by Crippen LogP contribution is 2.26. The number of ether oxygens (including phenoxy) is 1. The summed E-state index contributed by atoms with van der Waals surface area (Å²) in [5.41, 5.74) is 2.02. The summed E-state index contributed by atoms with van der Waals surface area (Å²) in [6.45, 7) is 0. The Morgan fingerprint density at radius 2 is 1.71 bits per heavy atom. The molecule has 1 aliphatic rings. The monoisotopic (exact) mass is 288 g/mol. The number of carbonyl (C=O) groups is 1. The van der Waals surface area contributed by atoms with Gasteiger partial charge in [0.15, 0.2) is 0 Å². The molecule has 0 radical (unpaired) electrons. The molecule has 0 heterocycles. The number of aryl methyl sites for hydroxylation is 2. The van der Waals surface area contributed by atoms with Gasteiger partial charge in [-0.3, -0.25) is 0 Å². The summed E-state index contributed by atoms with van der Waals surface area (Å²) in [6.07, 6.45) is 4.26. The molecular formula is C17H14F2O2. The van der Waals surface area contributed by atoms with Crippen molar-refractivity contribution in [2.24, 2.45) is 0 Å². The van der Waals surface area contributed by atoms with Gasteiger partial charge in [-0.1, -0.05) is 6.07 Å². The summed E-state index contributed by atoms with van der Waals surface area (Å²) >= 11 is 0. The van der Waals surface area contributed by atoms with Gasteiger partial charge in [0.1, 0.15) is 17.4 Å². The zero-order chi connectivity index (χ0) is 14.8. The Balaban J connectivity index is 1.83. The second kappa shape index (κ2) is 5.64. The fourth-order valence-corrected chi connectivity index (χ4v) is 2.59. The standard InChI is InChI=1S/C17H14F2O2/c18-13-6-8-16(19)15(10-13)17(20)21-14-7-5-11-3-1-2-4-12(11)9-14/h5-10H,1-4H2. The Bertz CT molecular complexity index is 695. The topological polar surface area (TPSA) is 26.3 Å². The van der Waals surface area contributed by atoms with Crippen LogP contribution in [0.15, 0.2) is 36.4 Å². The number of carbonyl (C=O) groups excluding carboxylic acids is 1. The summed E-state index contributed by atoms with van der Waals surface area (Å²) in [7, 11) is 0. The van der Waals surface area contributed by atoms with Crippen molar-refractivity contribution in [3.8, 4) is 5.75 Å². The third kappa shape index (κ3) is 2.94. The molecule has 4 heteroatoms. The van der Waals surface area contributed by atoms with E-state index in [1.165, 1.54) is 12.0 Å². The van der Waals surface area contributed by atoms with Crippen molar-refractivity contribution in [3.05, 3.63) is 64.7 Å². The predicted octanol–water partition coefficient (Wildman–Crippen LogP) is 4.06. The zero-order valence-electron chi connectivity index (χ0n) is 11.4. The molecule has 1 aliphatic carbocycles. The lowest BCUT2D eigenvalue weighted by Crippen LogP contribution is -2.12. The van der Waals surface area contributed by atoms with Gasteiger partial charge in [-0.15, -0.1) is 0 Å². The van der Waals surface area contributed by atoms with Gasteiger partial charge in [0.05, 0.1) is 5.56 Å². The van der Waals surface area contributed by atoms with Gasteiger partial charge in [-0.05, 0) is 67.1 Å². The minimum absolute atomic E-state index is 0.365. The van der Waals surface area contributed by atoms with Crippen LogP contribution in [0.2, 0.25) is 0 Å². The van der Waals surface area contributed by atoms with Crippen LogP contribution in [0.1, 0.15) is 34.3 Å². The highest BCUT2D eigenvalue weighted by molar-refractivity contribution is 5.91. The maximum absolute atomic E-state index is 13.5. The molecule has 0 saturated heterocycles. The first-order chi connectivity index (χ1) is 10.1. The van der Waals surface area contributed by atoms with Crippen LogP contribution in [0.25, 0.3) is 0 Å². The van der Waals surface area contributed by atoms with Crippen LogP contribution in [0.4, 0.5) is 8.78 Å². The maximum Gasteiger partial charge on any atom is 0.346 e. The van der Waals surface area contributed by atoms with Crippen LogP contribution < -0.4 is 4.74 Å². The molecule has 0 aromatic heterocycles. The van der Waals surface area contributed by atoms with Gasteiger partial charge < -0.3 is 4.74 Å². The molecule has 0 saturated carbocycles. The first-order valence-electron chi connectivity index (χ1n) is 6.92. The van der Waals surface area contributed by atoms with Gasteiger partial charge in [-0.2, -0.15) is 0 Å². The molecule has 2 nitrogen and oxygen atoms in total. The van der Waals surface area contributed by atoms with E-state index in [0.29, 0.717) is 5.75 Å². The van der Waals surface area contributed by atoms with E-state index >= 15 is 0 Å². The normalized spacial score (nSPS) is 13.6. The van der Waals surface area contributed by atoms with E-state index in [9.17, 15) is 13.6 Å². The molecule has 21 heavy (non-hydrogen) atoms. The summed E-state index contributed by atoms with van der Waals surface area (Å²) in [6, 6.07) is 8.15. The molecule has 0 aliphatic heterocycles. The maximum atomic E-state index is 13.5. The quantitative estimate of drug-likeness (QED) is 0.615. The number of halogens is 2. The Kier molecular flexibility index (Phi) is 3.69. The van der Waals surface area contributed by atoms with Gasteiger partial charge in [-0.25, -0.2) is 13.6 Å². The molecule has 0 N–H and O–H groups in total. The molecule has 0 atom stereocenters. The van der Waals surface area contributed by atoms with Crippen LogP contribution in [0.3, 0.4) is 0 Å². The number of esters is 1. The van der Waals surface area contributed by atoms with E-state index in [0.717, 1.165) is 43.0 Å². The van der Waals surface area contributed by atoms with E-state index in [1.807, 2.05) is 12.1 Å². The van der Waals surface area contributed by atoms with E-state index in [2.05, 4.69) is 0 Å². The molecular weight excluding hydrogens is 274 g/mol. The molecule has 2 aromatic carbocycles. The van der Waals surface area contributed by atoms with Crippen LogP contribution in [0.5, 0.6) is 5.75 Å². The number of benzene rings is 2. The third-order valence-electron chi connectivity index (χ3n) is 3.68. The van der Waals surface area contributed by atoms with E-state index in [1.54, 1.807) is 6.07 Å². The molecule has 3 rings (SSSR count). The Hall–Kier alpha value is -2.23. The lowest BCUT2D eigenvalue weighted by atomic mass is 9.92. The number of hydrogen-bond acceptors (Lipinski definition) is 2. The van der Waals surface area contributed by atoms with Crippen LogP contribution in [0, 0.1) is 11.6 Å². The van der Waals surface area contributed by atoms with Crippen molar-refractivity contribution < 1.29 is 18.3 Å². The van der Waals surface area contributed by atoms with Gasteiger partial charge >= 0.3 is 5.97 Å². The highest BCUT2D eigenvalue weighted by Gasteiger charge is 2.16. The minimum atomic E-state index is -0.886. The molecule has 0 unspecified atom stereocenters. The van der Waals surface area contributed by atoms with Crippen molar-refractivity contribution in [1.82, 2.24) is 0 Å². The smallest absolute Gasteiger partial charge is 0.346 e. The zero-order valence-corrected chi connectivity index (χ0v) is 11.4. The fourth-order valence-electron chi connectivity index (χ4n) is 2.59. The van der Waals surface area contributed by atoms with Crippen LogP contribution in [-0.4, -0.2) is 5.97 Å². The second-order valence-electron chi connectivity index (χ2n) is 5.15. The van der Waals surface area contributed by atoms with Gasteiger partial charge in [0, 0.05) is 0 Å². The highest BCUT2D eigenvalue weighted by atomic mass is 19.1. The van der Waals surface area contributed by atoms with Gasteiger partial charge in [0.2, 0.25) is 0 Å². The van der Waals surface area contributed by atoms with E-state index in [-0.39, 0.29) is 0 Å². The molecule has 0 amide bonds. The Morgan fingerprint density at radius 3 is 2.52 bits per heavy atom. The van der Waals surface area contributed by atoms with E-state index < -0.39 is 23.2 Å². The lowest BCUT2D eigenvalue weighted by molar-refractivity contribution is 0.0729. The van der Waals surface area contributed by atoms with Crippen LogP contribution >= 0.6 is 0 Å². The largest absolute Gasteiger partial charge is 0.423 e. The Labute approximate surface area is 121 Å². The van der Waals surface area contributed by atoms with Gasteiger partial charge in [0.25, 0.3) is 0 Å². The summed E-state index contributed by atoms with van der Waals surface area (Å²) < 4.78 is 31.8. The molecule has 108 valence electrons. The molecule has 0 bridgehead atoms. The Morgan fingerprint density at radius 1 is 0.952 bits per heavy atom. The van der Waals surface area contributed by atoms with Crippen molar-refractivity contribution in [3.63, 3.8) is 0 Å². The average Bonchev–Trinajstić information content (AvgIpc) is 2.49. The first kappa shape index (κ1) is 13.7. The summed E-state index contributed by atoms with van der Waals surface area (Å²) in [4.78, 5) is 11.9. The average molecular weight is 288 g/mol. The molecule has 0 spiro atoms. The number of fused-ring (bicyclic) bond motifs is 1. The predicted molar refractivity (Wildman–Crippen MR) is 74.4 cm³/mol. The van der Waals surface area contributed by atoms with Crippen molar-refractivity contribution >= 4 is 5.97 Å². The first-order valence-corrected chi connectivity index (χ1v) is 6.92. The van der Waals surface area contributed by atoms with E-state index in [4.69, 9.17) is 4.74 Å². The van der Waals surface area contributed by atoms with Crippen molar-refractivity contribution in [2.75, 3.05) is 0 Å². The summed E-state index contributed by atoms with van der Waals surface area (Å²) in [5, 5.41) is 0. The summed E-state index contributed by atoms with van der Waals surface area (Å²) in [5.74, 6) is -1.99. The number of rotatable bonds is 2. The van der Waals surface area contributed by atoms with Crippen molar-refractivity contribution in [1.29, 1.82) is 0 Å². The second-order valence-corrected chi connectivity index (χ2v) is 5.15. The SMILES string of the molecule is O=C(Oc1ccc2c(c1)CCCC2)c1cc(F)ccc1F. The molecule has 2 aromatic rings. The minimum Gasteiger partial charge on any atom is -0.423 e. The van der Waals surface area contributed by atoms with Crippen molar-refractivity contribution in [2.45, 2.75) is 25.7 Å². The van der Waals surface area contributed by atoms with Crippen LogP contribution in [-0.2, 0) is 12.8 Å². The fraction of sp³-hybridized carbons (Fsp3) is 0.235. The molecule has 0 fully saturated rings. The lowest BCUT2D eigenvalue weighted by Gasteiger charge is -2.16.